The number of carbonyl (C=O) groups is 1. The Kier molecular flexibility index (Phi) is 5.08. The normalized spacial score (nSPS) is 22.3. The predicted molar refractivity (Wildman–Crippen MR) is 76.1 cm³/mol. The van der Waals surface area contributed by atoms with E-state index in [1.165, 1.54) is 16.8 Å². The zero-order valence-electron chi connectivity index (χ0n) is 12.4. The molecule has 0 bridgehead atoms. The van der Waals surface area contributed by atoms with Gasteiger partial charge in [-0.2, -0.15) is 5.10 Å². The van der Waals surface area contributed by atoms with Crippen molar-refractivity contribution in [3.05, 3.63) is 28.2 Å². The van der Waals surface area contributed by atoms with Crippen LogP contribution in [-0.2, 0) is 11.3 Å². The Bertz CT molecular complexity index is 557. The predicted octanol–water partition coefficient (Wildman–Crippen LogP) is -0.267. The molecular weight excluding hydrogens is 274 g/mol. The zero-order chi connectivity index (χ0) is 15.4. The molecule has 1 aromatic rings. The van der Waals surface area contributed by atoms with Crippen LogP contribution in [-0.4, -0.2) is 58.6 Å². The van der Waals surface area contributed by atoms with E-state index in [-0.39, 0.29) is 29.2 Å². The van der Waals surface area contributed by atoms with E-state index in [9.17, 15) is 14.7 Å². The monoisotopic (exact) mass is 295 g/mol. The number of aromatic nitrogens is 2. The molecule has 2 unspecified atom stereocenters. The van der Waals surface area contributed by atoms with Crippen LogP contribution in [0.2, 0.25) is 0 Å². The molecule has 0 saturated carbocycles. The molecule has 21 heavy (non-hydrogen) atoms. The van der Waals surface area contributed by atoms with Gasteiger partial charge in [-0.05, 0) is 18.4 Å². The number of aliphatic hydroxyl groups is 1. The van der Waals surface area contributed by atoms with E-state index in [0.717, 1.165) is 0 Å². The van der Waals surface area contributed by atoms with Crippen molar-refractivity contribution in [2.45, 2.75) is 26.0 Å². The van der Waals surface area contributed by atoms with E-state index < -0.39 is 0 Å². The summed E-state index contributed by atoms with van der Waals surface area (Å²) in [6, 6.07) is 2.79. The summed E-state index contributed by atoms with van der Waals surface area (Å²) in [6.07, 6.45) is 0.202. The van der Waals surface area contributed by atoms with Gasteiger partial charge in [-0.3, -0.25) is 9.59 Å². The Balaban J connectivity index is 2.14. The first-order chi connectivity index (χ1) is 10.0. The summed E-state index contributed by atoms with van der Waals surface area (Å²) in [5, 5.41) is 13.8. The zero-order valence-corrected chi connectivity index (χ0v) is 12.4. The number of carbonyl (C=O) groups excluding carboxylic acids is 1. The minimum atomic E-state index is -0.363. The van der Waals surface area contributed by atoms with Crippen molar-refractivity contribution < 1.29 is 14.6 Å². The van der Waals surface area contributed by atoms with Crippen LogP contribution in [0.4, 0.5) is 0 Å². The van der Waals surface area contributed by atoms with Gasteiger partial charge < -0.3 is 14.7 Å². The highest BCUT2D eigenvalue weighted by atomic mass is 16.5. The van der Waals surface area contributed by atoms with Crippen LogP contribution < -0.4 is 5.56 Å². The van der Waals surface area contributed by atoms with Crippen molar-refractivity contribution in [3.8, 4) is 0 Å². The van der Waals surface area contributed by atoms with Crippen LogP contribution in [0, 0.1) is 5.92 Å². The van der Waals surface area contributed by atoms with Crippen LogP contribution in [0.25, 0.3) is 0 Å². The molecule has 7 heteroatoms. The van der Waals surface area contributed by atoms with Crippen LogP contribution in [0.1, 0.15) is 23.8 Å². The minimum Gasteiger partial charge on any atom is -0.393 e. The van der Waals surface area contributed by atoms with E-state index in [2.05, 4.69) is 5.10 Å². The molecule has 1 amide bonds. The first-order valence-electron chi connectivity index (χ1n) is 7.07. The van der Waals surface area contributed by atoms with E-state index in [0.29, 0.717) is 32.7 Å². The van der Waals surface area contributed by atoms with Gasteiger partial charge >= 0.3 is 0 Å². The number of ether oxygens (including phenoxy) is 1. The second kappa shape index (κ2) is 6.82. The lowest BCUT2D eigenvalue weighted by molar-refractivity contribution is 0.0292. The van der Waals surface area contributed by atoms with Gasteiger partial charge in [0, 0.05) is 26.3 Å². The lowest BCUT2D eigenvalue weighted by Crippen LogP contribution is -2.45. The third-order valence-electron chi connectivity index (χ3n) is 3.74. The maximum atomic E-state index is 12.4. The van der Waals surface area contributed by atoms with Gasteiger partial charge in [-0.25, -0.2) is 4.68 Å². The molecule has 2 heterocycles. The van der Waals surface area contributed by atoms with Gasteiger partial charge in [0.15, 0.2) is 0 Å². The molecule has 1 aliphatic rings. The number of likely N-dealkylation sites (tertiary alicyclic amines) is 1. The standard InChI is InChI=1S/C14H21N3O4/c1-10-9-16(6-5-12(10)18)14(20)11-3-4-13(19)17(15-11)7-8-21-2/h3-4,10,12,18H,5-9H2,1-2H3. The van der Waals surface area contributed by atoms with Crippen molar-refractivity contribution in [3.63, 3.8) is 0 Å². The highest BCUT2D eigenvalue weighted by molar-refractivity contribution is 5.92. The Hall–Kier alpha value is -1.73. The van der Waals surface area contributed by atoms with Crippen molar-refractivity contribution in [2.75, 3.05) is 26.8 Å². The number of piperidine rings is 1. The molecule has 1 aromatic heterocycles. The van der Waals surface area contributed by atoms with Gasteiger partial charge in [0.1, 0.15) is 5.69 Å². The lowest BCUT2D eigenvalue weighted by atomic mass is 9.96. The molecule has 1 saturated heterocycles. The number of nitrogens with zero attached hydrogens (tertiary/aromatic N) is 3. The van der Waals surface area contributed by atoms with Gasteiger partial charge in [0.25, 0.3) is 11.5 Å². The van der Waals surface area contributed by atoms with Gasteiger partial charge in [-0.15, -0.1) is 0 Å². The van der Waals surface area contributed by atoms with Crippen molar-refractivity contribution in [2.24, 2.45) is 5.92 Å². The molecular formula is C14H21N3O4. The fraction of sp³-hybridized carbons (Fsp3) is 0.643. The Labute approximate surface area is 123 Å². The number of aliphatic hydroxyl groups excluding tert-OH is 1. The summed E-state index contributed by atoms with van der Waals surface area (Å²) in [5.41, 5.74) is -0.0136. The molecule has 0 spiro atoms. The molecule has 0 radical (unpaired) electrons. The molecule has 0 aromatic carbocycles. The number of rotatable bonds is 4. The van der Waals surface area contributed by atoms with Crippen molar-refractivity contribution >= 4 is 5.91 Å². The maximum absolute atomic E-state index is 12.4. The second-order valence-electron chi connectivity index (χ2n) is 5.36. The fourth-order valence-electron chi connectivity index (χ4n) is 2.38. The van der Waals surface area contributed by atoms with E-state index in [1.54, 1.807) is 12.0 Å². The van der Waals surface area contributed by atoms with Crippen LogP contribution in [0.15, 0.2) is 16.9 Å². The number of hydrogen-bond donors (Lipinski definition) is 1. The molecule has 7 nitrogen and oxygen atoms in total. The SMILES string of the molecule is COCCn1nc(C(=O)N2CCC(O)C(C)C2)ccc1=O. The highest BCUT2D eigenvalue weighted by Gasteiger charge is 2.28. The number of methoxy groups -OCH3 is 1. The number of hydrogen-bond acceptors (Lipinski definition) is 5. The molecule has 2 atom stereocenters. The van der Waals surface area contributed by atoms with Gasteiger partial charge in [-0.1, -0.05) is 6.92 Å². The quantitative estimate of drug-likeness (QED) is 0.827. The average Bonchev–Trinajstić information content (AvgIpc) is 2.48. The lowest BCUT2D eigenvalue weighted by Gasteiger charge is -2.34. The summed E-state index contributed by atoms with van der Waals surface area (Å²) in [6.45, 7) is 3.59. The Morgan fingerprint density at radius 3 is 2.95 bits per heavy atom. The van der Waals surface area contributed by atoms with Crippen LogP contribution in [0.3, 0.4) is 0 Å². The van der Waals surface area contributed by atoms with E-state index in [1.807, 2.05) is 6.92 Å². The summed E-state index contributed by atoms with van der Waals surface area (Å²) in [4.78, 5) is 25.8. The number of amides is 1. The highest BCUT2D eigenvalue weighted by Crippen LogP contribution is 2.17. The summed E-state index contributed by atoms with van der Waals surface area (Å²) < 4.78 is 6.16. The maximum Gasteiger partial charge on any atom is 0.274 e. The van der Waals surface area contributed by atoms with Crippen LogP contribution in [0.5, 0.6) is 0 Å². The van der Waals surface area contributed by atoms with Gasteiger partial charge in [0.05, 0.1) is 19.3 Å². The Morgan fingerprint density at radius 2 is 2.29 bits per heavy atom. The largest absolute Gasteiger partial charge is 0.393 e. The molecule has 0 aliphatic carbocycles. The fourth-order valence-corrected chi connectivity index (χ4v) is 2.38. The summed E-state index contributed by atoms with van der Waals surface area (Å²) >= 11 is 0. The van der Waals surface area contributed by atoms with E-state index in [4.69, 9.17) is 4.74 Å². The second-order valence-corrected chi connectivity index (χ2v) is 5.36. The Morgan fingerprint density at radius 1 is 1.52 bits per heavy atom. The smallest absolute Gasteiger partial charge is 0.274 e. The molecule has 2 rings (SSSR count). The molecule has 116 valence electrons. The summed E-state index contributed by atoms with van der Waals surface area (Å²) in [5.74, 6) is -0.165. The summed E-state index contributed by atoms with van der Waals surface area (Å²) in [7, 11) is 1.54. The third kappa shape index (κ3) is 3.68. The van der Waals surface area contributed by atoms with Crippen molar-refractivity contribution in [1.29, 1.82) is 0 Å². The molecule has 1 N–H and O–H groups in total. The first kappa shape index (κ1) is 15.7. The minimum absolute atomic E-state index is 0.0436. The first-order valence-corrected chi connectivity index (χ1v) is 7.07. The van der Waals surface area contributed by atoms with Gasteiger partial charge in [0.2, 0.25) is 0 Å². The molecule has 1 fully saturated rings. The van der Waals surface area contributed by atoms with Crippen LogP contribution >= 0.6 is 0 Å². The third-order valence-corrected chi connectivity index (χ3v) is 3.74. The average molecular weight is 295 g/mol. The van der Waals surface area contributed by atoms with E-state index >= 15 is 0 Å². The molecule has 1 aliphatic heterocycles. The van der Waals surface area contributed by atoms with Crippen molar-refractivity contribution in [1.82, 2.24) is 14.7 Å². The topological polar surface area (TPSA) is 84.7 Å².